The quantitative estimate of drug-likeness (QED) is 0.544. The average molecular weight is 156 g/mol. The van der Waals surface area contributed by atoms with Crippen molar-refractivity contribution in [3.05, 3.63) is 12.3 Å². The van der Waals surface area contributed by atoms with Crippen LogP contribution in [0.5, 0.6) is 0 Å². The summed E-state index contributed by atoms with van der Waals surface area (Å²) >= 11 is 0. The number of carbonyl (C=O) groups excluding carboxylic acids is 1. The maximum atomic E-state index is 10.4. The van der Waals surface area contributed by atoms with Crippen molar-refractivity contribution in [2.45, 2.75) is 0 Å². The largest absolute Gasteiger partial charge is 0.474 e. The molecule has 0 radical (unpaired) electrons. The van der Waals surface area contributed by atoms with Crippen LogP contribution in [-0.2, 0) is 9.59 Å². The van der Waals surface area contributed by atoms with Gasteiger partial charge in [-0.15, -0.1) is 0 Å². The van der Waals surface area contributed by atoms with E-state index in [9.17, 15) is 9.59 Å². The van der Waals surface area contributed by atoms with E-state index < -0.39 is 11.9 Å². The first-order valence-corrected chi connectivity index (χ1v) is 2.65. The van der Waals surface area contributed by atoms with E-state index in [2.05, 4.69) is 9.68 Å². The highest BCUT2D eigenvalue weighted by Gasteiger charge is 2.11. The summed E-state index contributed by atoms with van der Waals surface area (Å²) in [4.78, 5) is 20.4. The number of carboxylic acids is 1. The van der Waals surface area contributed by atoms with E-state index in [0.29, 0.717) is 0 Å². The summed E-state index contributed by atoms with van der Waals surface area (Å²) in [6.45, 7) is 0. The van der Waals surface area contributed by atoms with E-state index in [-0.39, 0.29) is 5.82 Å². The lowest BCUT2D eigenvalue weighted by atomic mass is 10.5. The molecule has 0 aliphatic carbocycles. The molecule has 6 nitrogen and oxygen atoms in total. The third-order valence-corrected chi connectivity index (χ3v) is 0.874. The summed E-state index contributed by atoms with van der Waals surface area (Å²) in [5.74, 6) is -2.62. The minimum absolute atomic E-state index is 0.0809. The second-order valence-electron chi connectivity index (χ2n) is 1.64. The molecule has 0 aliphatic heterocycles. The number of nitrogens with zero attached hydrogens (tertiary/aromatic N) is 1. The van der Waals surface area contributed by atoms with Crippen molar-refractivity contribution in [2.75, 3.05) is 5.32 Å². The van der Waals surface area contributed by atoms with Crippen LogP contribution in [0.3, 0.4) is 0 Å². The Hall–Kier alpha value is -1.85. The Bertz CT molecular complexity index is 266. The van der Waals surface area contributed by atoms with Crippen molar-refractivity contribution in [3.63, 3.8) is 0 Å². The average Bonchev–Trinajstić information content (AvgIpc) is 2.39. The van der Waals surface area contributed by atoms with E-state index in [4.69, 9.17) is 5.11 Å². The van der Waals surface area contributed by atoms with E-state index >= 15 is 0 Å². The topological polar surface area (TPSA) is 92.4 Å². The maximum absolute atomic E-state index is 10.4. The fourth-order valence-corrected chi connectivity index (χ4v) is 0.447. The van der Waals surface area contributed by atoms with Crippen LogP contribution >= 0.6 is 0 Å². The van der Waals surface area contributed by atoms with Crippen LogP contribution in [-0.4, -0.2) is 22.1 Å². The molecule has 0 bridgehead atoms. The van der Waals surface area contributed by atoms with Crippen molar-refractivity contribution in [3.8, 4) is 0 Å². The highest BCUT2D eigenvalue weighted by Crippen LogP contribution is 1.99. The number of hydrogen-bond donors (Lipinski definition) is 2. The summed E-state index contributed by atoms with van der Waals surface area (Å²) in [5, 5.41) is 13.4. The van der Waals surface area contributed by atoms with Crippen LogP contribution in [0.4, 0.5) is 5.82 Å². The molecule has 58 valence electrons. The third-order valence-electron chi connectivity index (χ3n) is 0.874. The number of amides is 1. The van der Waals surface area contributed by atoms with Crippen molar-refractivity contribution < 1.29 is 19.2 Å². The van der Waals surface area contributed by atoms with Crippen LogP contribution in [0.1, 0.15) is 0 Å². The molecule has 0 aromatic carbocycles. The van der Waals surface area contributed by atoms with E-state index in [1.165, 1.54) is 12.3 Å². The summed E-state index contributed by atoms with van der Waals surface area (Å²) in [5.41, 5.74) is 0. The number of carboxylic acid groups (broad SMARTS) is 1. The van der Waals surface area contributed by atoms with E-state index in [1.807, 2.05) is 5.32 Å². The first-order chi connectivity index (χ1) is 5.20. The highest BCUT2D eigenvalue weighted by molar-refractivity contribution is 6.36. The summed E-state index contributed by atoms with van der Waals surface area (Å²) in [7, 11) is 0. The van der Waals surface area contributed by atoms with Crippen LogP contribution in [0.15, 0.2) is 16.9 Å². The van der Waals surface area contributed by atoms with Gasteiger partial charge in [-0.2, -0.15) is 0 Å². The van der Waals surface area contributed by atoms with Gasteiger partial charge in [0.2, 0.25) is 0 Å². The molecule has 6 heteroatoms. The molecule has 0 aliphatic rings. The minimum atomic E-state index is -1.56. The Morgan fingerprint density at radius 2 is 2.36 bits per heavy atom. The van der Waals surface area contributed by atoms with Crippen molar-refractivity contribution in [1.82, 2.24) is 5.16 Å². The molecule has 2 N–H and O–H groups in total. The molecule has 0 atom stereocenters. The zero-order valence-corrected chi connectivity index (χ0v) is 5.27. The van der Waals surface area contributed by atoms with Gasteiger partial charge < -0.3 is 9.63 Å². The third kappa shape index (κ3) is 1.78. The minimum Gasteiger partial charge on any atom is -0.474 e. The van der Waals surface area contributed by atoms with Crippen molar-refractivity contribution in [1.29, 1.82) is 0 Å². The second-order valence-corrected chi connectivity index (χ2v) is 1.64. The van der Waals surface area contributed by atoms with Gasteiger partial charge in [0.1, 0.15) is 6.26 Å². The van der Waals surface area contributed by atoms with Gasteiger partial charge in [0.25, 0.3) is 0 Å². The van der Waals surface area contributed by atoms with E-state index in [1.54, 1.807) is 0 Å². The Kier molecular flexibility index (Phi) is 1.86. The normalized spacial score (nSPS) is 9.09. The number of hydrogen-bond acceptors (Lipinski definition) is 4. The lowest BCUT2D eigenvalue weighted by molar-refractivity contribution is -0.147. The summed E-state index contributed by atoms with van der Waals surface area (Å²) < 4.78 is 4.34. The standard InChI is InChI=1S/C5H4N2O4/c8-4(5(9)10)6-3-1-2-11-7-3/h1-2H,(H,9,10)(H,6,7,8). The second kappa shape index (κ2) is 2.82. The number of aliphatic carboxylic acids is 1. The molecule has 0 saturated carbocycles. The lowest BCUT2D eigenvalue weighted by Crippen LogP contribution is -2.21. The van der Waals surface area contributed by atoms with Gasteiger partial charge in [0, 0.05) is 6.07 Å². The van der Waals surface area contributed by atoms with Gasteiger partial charge >= 0.3 is 11.9 Å². The van der Waals surface area contributed by atoms with Gasteiger partial charge in [-0.3, -0.25) is 10.1 Å². The molecule has 1 rings (SSSR count). The molecule has 1 heterocycles. The van der Waals surface area contributed by atoms with Gasteiger partial charge in [-0.05, 0) is 0 Å². The molecule has 0 fully saturated rings. The molecular formula is C5H4N2O4. The monoisotopic (exact) mass is 156 g/mol. The smallest absolute Gasteiger partial charge is 0.394 e. The molecular weight excluding hydrogens is 152 g/mol. The number of aromatic nitrogens is 1. The molecule has 1 aromatic heterocycles. The van der Waals surface area contributed by atoms with Gasteiger partial charge in [-0.1, -0.05) is 5.16 Å². The molecule has 0 saturated heterocycles. The first kappa shape index (κ1) is 7.26. The zero-order valence-electron chi connectivity index (χ0n) is 5.27. The molecule has 1 amide bonds. The maximum Gasteiger partial charge on any atom is 0.394 e. The zero-order chi connectivity index (χ0) is 8.27. The van der Waals surface area contributed by atoms with Crippen molar-refractivity contribution in [2.24, 2.45) is 0 Å². The van der Waals surface area contributed by atoms with E-state index in [0.717, 1.165) is 0 Å². The summed E-state index contributed by atoms with van der Waals surface area (Å²) in [6, 6.07) is 1.33. The summed E-state index contributed by atoms with van der Waals surface area (Å²) in [6.07, 6.45) is 1.22. The van der Waals surface area contributed by atoms with Crippen molar-refractivity contribution >= 4 is 17.7 Å². The lowest BCUT2D eigenvalue weighted by Gasteiger charge is -1.92. The Labute approximate surface area is 60.8 Å². The molecule has 1 aromatic rings. The number of rotatable bonds is 1. The molecule has 0 spiro atoms. The molecule has 0 unspecified atom stereocenters. The number of carbonyl (C=O) groups is 2. The number of anilines is 1. The van der Waals surface area contributed by atoms with Crippen LogP contribution in [0.25, 0.3) is 0 Å². The Balaban J connectivity index is 2.57. The molecule has 11 heavy (non-hydrogen) atoms. The van der Waals surface area contributed by atoms with Crippen LogP contribution in [0, 0.1) is 0 Å². The number of nitrogens with one attached hydrogen (secondary N) is 1. The fourth-order valence-electron chi connectivity index (χ4n) is 0.447. The SMILES string of the molecule is O=C(O)C(=O)Nc1ccon1. The van der Waals surface area contributed by atoms with Gasteiger partial charge in [-0.25, -0.2) is 4.79 Å². The Morgan fingerprint density at radius 3 is 2.82 bits per heavy atom. The van der Waals surface area contributed by atoms with Gasteiger partial charge in [0.15, 0.2) is 5.82 Å². The highest BCUT2D eigenvalue weighted by atomic mass is 16.5. The Morgan fingerprint density at radius 1 is 1.64 bits per heavy atom. The predicted molar refractivity (Wildman–Crippen MR) is 32.8 cm³/mol. The van der Waals surface area contributed by atoms with Crippen LogP contribution in [0.2, 0.25) is 0 Å². The van der Waals surface area contributed by atoms with Gasteiger partial charge in [0.05, 0.1) is 0 Å². The van der Waals surface area contributed by atoms with Crippen LogP contribution < -0.4 is 5.32 Å². The first-order valence-electron chi connectivity index (χ1n) is 2.65. The predicted octanol–water partition coefficient (Wildman–Crippen LogP) is -0.302. The fraction of sp³-hybridized carbons (Fsp3) is 0.